The summed E-state index contributed by atoms with van der Waals surface area (Å²) in [5.74, 6) is -3.43. The summed E-state index contributed by atoms with van der Waals surface area (Å²) in [5.41, 5.74) is 2.19. The van der Waals surface area contributed by atoms with E-state index < -0.39 is 63.7 Å². The van der Waals surface area contributed by atoms with E-state index in [1.54, 1.807) is 45.2 Å². The van der Waals surface area contributed by atoms with Crippen LogP contribution >= 0.6 is 11.8 Å². The minimum absolute atomic E-state index is 0.0160. The number of rotatable bonds is 36. The van der Waals surface area contributed by atoms with Gasteiger partial charge in [-0.05, 0) is 90.6 Å². The molecule has 4 unspecified atom stereocenters. The molecule has 87 heavy (non-hydrogen) atoms. The molecule has 0 spiro atoms. The fourth-order valence-corrected chi connectivity index (χ4v) is 12.6. The number of amides is 10. The molecule has 1 aromatic carbocycles. The molecule has 3 aliphatic rings. The van der Waals surface area contributed by atoms with Crippen LogP contribution in [0, 0.1) is 35.5 Å². The van der Waals surface area contributed by atoms with Gasteiger partial charge in [-0.15, -0.1) is 0 Å². The molecular weight excluding hydrogens is 1130 g/mol. The molecule has 0 bridgehead atoms. The van der Waals surface area contributed by atoms with Crippen molar-refractivity contribution in [3.63, 3.8) is 0 Å². The molecule has 6 N–H and O–H groups in total. The Morgan fingerprint density at radius 1 is 0.851 bits per heavy atom. The molecule has 21 nitrogen and oxygen atoms in total. The van der Waals surface area contributed by atoms with Crippen molar-refractivity contribution < 1.29 is 57.4 Å². The van der Waals surface area contributed by atoms with Crippen LogP contribution in [0.3, 0.4) is 0 Å². The fourth-order valence-electron chi connectivity index (χ4n) is 11.3. The van der Waals surface area contributed by atoms with Crippen LogP contribution in [0.25, 0.3) is 0 Å². The van der Waals surface area contributed by atoms with E-state index in [2.05, 4.69) is 70.9 Å². The molecule has 482 valence electrons. The van der Waals surface area contributed by atoms with E-state index in [1.807, 2.05) is 46.4 Å². The molecule has 2 radical (unpaired) electrons. The summed E-state index contributed by atoms with van der Waals surface area (Å²) in [7, 11) is 9.53. The predicted octanol–water partition coefficient (Wildman–Crippen LogP) is 6.54. The number of methoxy groups -OCH3 is 1. The van der Waals surface area contributed by atoms with E-state index in [0.29, 0.717) is 49.4 Å². The molecule has 2 saturated heterocycles. The number of ether oxygens (including phenoxy) is 2. The lowest BCUT2D eigenvalue weighted by molar-refractivity contribution is -0.143. The van der Waals surface area contributed by atoms with Gasteiger partial charge in [0.1, 0.15) is 12.6 Å². The highest BCUT2D eigenvalue weighted by Crippen LogP contribution is 2.37. The Morgan fingerprint density at radius 2 is 1.53 bits per heavy atom. The first-order valence-corrected chi connectivity index (χ1v) is 32.2. The van der Waals surface area contributed by atoms with Gasteiger partial charge in [-0.1, -0.05) is 125 Å². The molecular formula is C64H100BN9O12S. The van der Waals surface area contributed by atoms with Crippen molar-refractivity contribution >= 4 is 84.6 Å². The average molecular weight is 1230 g/mol. The number of unbranched alkanes of at least 4 members (excludes halogenated alkanes) is 3. The maximum Gasteiger partial charge on any atom is 0.408 e. The molecule has 2 heterocycles. The smallest absolute Gasteiger partial charge is 0.408 e. The van der Waals surface area contributed by atoms with Crippen molar-refractivity contribution in [3.8, 4) is 0 Å². The third-order valence-corrected chi connectivity index (χ3v) is 18.7. The van der Waals surface area contributed by atoms with Gasteiger partial charge in [0.2, 0.25) is 53.2 Å². The second-order valence-corrected chi connectivity index (χ2v) is 26.4. The van der Waals surface area contributed by atoms with Gasteiger partial charge < -0.3 is 51.2 Å². The number of anilines is 1. The number of benzene rings is 1. The van der Waals surface area contributed by atoms with Crippen molar-refractivity contribution in [1.29, 1.82) is 0 Å². The number of likely N-dealkylation sites (N-methyl/N-ethyl adjacent to an activating group) is 1. The fraction of sp³-hybridized carbons (Fsp3) is 0.688. The van der Waals surface area contributed by atoms with Crippen LogP contribution < -0.4 is 31.9 Å². The van der Waals surface area contributed by atoms with Crippen molar-refractivity contribution in [2.45, 2.75) is 200 Å². The lowest BCUT2D eigenvalue weighted by Crippen LogP contribution is -2.55. The van der Waals surface area contributed by atoms with E-state index in [1.165, 1.54) is 34.2 Å². The van der Waals surface area contributed by atoms with Crippen LogP contribution in [0.2, 0.25) is 0 Å². The van der Waals surface area contributed by atoms with Gasteiger partial charge in [-0.2, -0.15) is 11.8 Å². The molecule has 1 aliphatic carbocycles. The number of allylic oxidation sites excluding steroid dienone is 3. The summed E-state index contributed by atoms with van der Waals surface area (Å²) in [6.45, 7) is 21.3. The minimum atomic E-state index is -1.06. The average Bonchev–Trinajstić information content (AvgIpc) is 3.38. The number of carbonyl (C=O) groups excluding carboxylic acids is 10. The van der Waals surface area contributed by atoms with Crippen molar-refractivity contribution in [2.75, 3.05) is 52.2 Å². The van der Waals surface area contributed by atoms with Gasteiger partial charge in [-0.25, -0.2) is 4.79 Å². The van der Waals surface area contributed by atoms with Crippen molar-refractivity contribution in [3.05, 3.63) is 53.6 Å². The number of nitrogens with one attached hydrogen (secondary N) is 6. The standard InChI is InChI=1S/C64H100BN9O12S/c1-14-16-29-64(11,65)87-51-34-56(79)74(62(51)83)30-19-17-18-22-52(75)66-35-53(76)67-36-54(77)70-48-27-24-46(25-28-48)38-86-63(84)71-58(39(3)4)61(82)68-37-57(80)72(12)59(41(6)15-2)50(85-13)33-55(78)73-31-20-21-49(73)42(7)43(8)60(81)69-45(10)44(9)47-26-23-40(5)32-47/h23-28,32,39-45,49-51,58-59H,14-22,29-31,33-38H2,1-13H3,(H,66,75)(H,67,76)(H,68,82)(H,69,81)(H,70,77)(H,71,84)/t40?,41-,42+,43-,44-,45-,49-,50+,51?,58?,59-,64?/m0/s1. The topological polar surface area (TPSA) is 271 Å². The molecule has 2 fully saturated rings. The maximum atomic E-state index is 14.2. The normalized spacial score (nSPS) is 20.0. The maximum absolute atomic E-state index is 14.2. The van der Waals surface area contributed by atoms with Crippen LogP contribution in [-0.4, -0.2) is 169 Å². The Morgan fingerprint density at radius 3 is 2.16 bits per heavy atom. The second kappa shape index (κ2) is 35.7. The third-order valence-electron chi connectivity index (χ3n) is 17.3. The Kier molecular flexibility index (Phi) is 30.0. The summed E-state index contributed by atoms with van der Waals surface area (Å²) >= 11 is 1.36. The summed E-state index contributed by atoms with van der Waals surface area (Å²) < 4.78 is 10.8. The monoisotopic (exact) mass is 1230 g/mol. The van der Waals surface area contributed by atoms with Gasteiger partial charge in [-0.3, -0.25) is 48.1 Å². The van der Waals surface area contributed by atoms with E-state index in [0.717, 1.165) is 32.1 Å². The van der Waals surface area contributed by atoms with Gasteiger partial charge in [0, 0.05) is 69.7 Å². The first-order valence-electron chi connectivity index (χ1n) is 31.3. The van der Waals surface area contributed by atoms with Crippen molar-refractivity contribution in [2.24, 2.45) is 35.5 Å². The van der Waals surface area contributed by atoms with Crippen molar-refractivity contribution in [1.82, 2.24) is 41.3 Å². The molecule has 12 atom stereocenters. The summed E-state index contributed by atoms with van der Waals surface area (Å²) in [6.07, 6.45) is 11.9. The zero-order chi connectivity index (χ0) is 64.7. The van der Waals surface area contributed by atoms with E-state index in [4.69, 9.17) is 17.3 Å². The molecule has 4 rings (SSSR count). The van der Waals surface area contributed by atoms with Crippen LogP contribution in [-0.2, 0) is 59.2 Å². The Balaban J connectivity index is 1.15. The highest BCUT2D eigenvalue weighted by Gasteiger charge is 2.43. The summed E-state index contributed by atoms with van der Waals surface area (Å²) in [5, 5.41) is 15.7. The van der Waals surface area contributed by atoms with E-state index in [-0.39, 0.29) is 117 Å². The number of hydrogen-bond acceptors (Lipinski definition) is 13. The molecule has 1 aromatic rings. The zero-order valence-corrected chi connectivity index (χ0v) is 54.7. The highest BCUT2D eigenvalue weighted by molar-refractivity contribution is 8.03. The molecule has 0 saturated carbocycles. The highest BCUT2D eigenvalue weighted by atomic mass is 32.2. The largest absolute Gasteiger partial charge is 0.445 e. The number of imide groups is 1. The summed E-state index contributed by atoms with van der Waals surface area (Å²) in [4.78, 5) is 136. The number of alkyl carbamates (subject to hydrolysis) is 1. The first-order chi connectivity index (χ1) is 41.1. The molecule has 10 amide bonds. The van der Waals surface area contributed by atoms with Crippen LogP contribution in [0.1, 0.15) is 159 Å². The zero-order valence-electron chi connectivity index (χ0n) is 53.9. The second-order valence-electron chi connectivity index (χ2n) is 24.7. The quantitative estimate of drug-likeness (QED) is 0.0237. The van der Waals surface area contributed by atoms with Gasteiger partial charge in [0.25, 0.3) is 0 Å². The molecule has 23 heteroatoms. The van der Waals surface area contributed by atoms with Crippen LogP contribution in [0.5, 0.6) is 0 Å². The number of nitrogens with zero attached hydrogens (tertiary/aromatic N) is 3. The molecule has 2 aliphatic heterocycles. The minimum Gasteiger partial charge on any atom is -0.445 e. The third kappa shape index (κ3) is 23.0. The Labute approximate surface area is 522 Å². The molecule has 0 aromatic heterocycles. The Bertz CT molecular complexity index is 2580. The summed E-state index contributed by atoms with van der Waals surface area (Å²) in [6, 6.07) is 4.63. The predicted molar refractivity (Wildman–Crippen MR) is 339 cm³/mol. The van der Waals surface area contributed by atoms with Crippen LogP contribution in [0.4, 0.5) is 10.5 Å². The van der Waals surface area contributed by atoms with Gasteiger partial charge in [0.15, 0.2) is 0 Å². The van der Waals surface area contributed by atoms with E-state index in [9.17, 15) is 47.9 Å². The number of carbonyl (C=O) groups is 10. The van der Waals surface area contributed by atoms with E-state index >= 15 is 0 Å². The van der Waals surface area contributed by atoms with Gasteiger partial charge in [0.05, 0.1) is 51.3 Å². The van der Waals surface area contributed by atoms with Gasteiger partial charge >= 0.3 is 6.09 Å². The van der Waals surface area contributed by atoms with Crippen LogP contribution in [0.15, 0.2) is 48.1 Å². The lowest BCUT2D eigenvalue weighted by Gasteiger charge is -2.39. The SMILES string of the molecule is [B]C(C)(CCCC)SC1CC(=O)N(CCCCCC(=O)NCC(=O)NCC(=O)Nc2ccc(COC(=O)NC(C(=O)NCC(=O)N(C)[C@@H]([C@@H](C)CC)[C@@H](CC(=O)N3CCC[C@H]3[C@H](C)[C@H](C)C(=O)N[C@@H](C)[C@H](C)C3=CC(C)C=C3)OC)C(C)C)cc2)C1=O. The first kappa shape index (κ1) is 73.2. The number of hydrogen-bond donors (Lipinski definition) is 6. The Hall–Kier alpha value is -6.23. The number of likely N-dealkylation sites (tertiary alicyclic amines) is 2. The lowest BCUT2D eigenvalue weighted by atomic mass is 9.84. The number of thioether (sulfide) groups is 1.